The van der Waals surface area contributed by atoms with E-state index in [2.05, 4.69) is 23.1 Å². The lowest BCUT2D eigenvalue weighted by molar-refractivity contribution is 0.571. The zero-order valence-electron chi connectivity index (χ0n) is 8.66. The van der Waals surface area contributed by atoms with Gasteiger partial charge in [-0.3, -0.25) is 10.9 Å². The second kappa shape index (κ2) is 4.70. The first-order valence-corrected chi connectivity index (χ1v) is 5.52. The minimum atomic E-state index is 0.361. The van der Waals surface area contributed by atoms with Crippen LogP contribution in [0.1, 0.15) is 6.92 Å². The fraction of sp³-hybridized carbons (Fsp3) is 0.364. The van der Waals surface area contributed by atoms with Gasteiger partial charge in [0.25, 0.3) is 0 Å². The molecule has 2 atom stereocenters. The number of para-hydroxylation sites is 1. The van der Waals surface area contributed by atoms with E-state index in [9.17, 15) is 0 Å². The van der Waals surface area contributed by atoms with Crippen LogP contribution in [0, 0.1) is 5.92 Å². The third-order valence-electron chi connectivity index (χ3n) is 2.63. The van der Waals surface area contributed by atoms with Crippen LogP contribution in [0.3, 0.4) is 0 Å². The summed E-state index contributed by atoms with van der Waals surface area (Å²) in [7, 11) is 0. The lowest BCUT2D eigenvalue weighted by atomic mass is 10.0. The Morgan fingerprint density at radius 2 is 2.13 bits per heavy atom. The molecule has 0 saturated carbocycles. The number of hydrazine groups is 1. The van der Waals surface area contributed by atoms with Crippen LogP contribution in [0.15, 0.2) is 30.3 Å². The van der Waals surface area contributed by atoms with Crippen molar-refractivity contribution < 1.29 is 0 Å². The summed E-state index contributed by atoms with van der Waals surface area (Å²) in [4.78, 5) is 0.895. The van der Waals surface area contributed by atoms with E-state index < -0.39 is 0 Å². The molecule has 1 saturated heterocycles. The maximum Gasteiger partial charge on any atom is 0.0858 e. The van der Waals surface area contributed by atoms with E-state index in [1.807, 2.05) is 30.3 Å². The second-order valence-electron chi connectivity index (χ2n) is 3.78. The molecule has 0 spiro atoms. The average Bonchev–Trinajstić information content (AvgIpc) is 2.66. The van der Waals surface area contributed by atoms with Crippen molar-refractivity contribution in [1.82, 2.24) is 10.9 Å². The molecule has 0 radical (unpaired) electrons. The summed E-state index contributed by atoms with van der Waals surface area (Å²) < 4.78 is 0. The fourth-order valence-corrected chi connectivity index (χ4v) is 2.09. The molecule has 0 amide bonds. The van der Waals surface area contributed by atoms with Gasteiger partial charge in [-0.2, -0.15) is 0 Å². The van der Waals surface area contributed by atoms with Crippen molar-refractivity contribution in [1.29, 1.82) is 0 Å². The molecule has 0 bridgehead atoms. The largest absolute Gasteiger partial charge is 0.350 e. The number of anilines is 1. The van der Waals surface area contributed by atoms with Gasteiger partial charge in [0.1, 0.15) is 0 Å². The minimum absolute atomic E-state index is 0.361. The topological polar surface area (TPSA) is 36.1 Å². The van der Waals surface area contributed by atoms with Crippen LogP contribution < -0.4 is 16.2 Å². The molecule has 2 rings (SSSR count). The standard InChI is InChI=1S/C11H15N3S/c1-8-10(7-12-14-8)11(15)13-9-5-3-2-4-6-9/h2-6,8,10,12,14H,7H2,1H3,(H,13,15). The number of thiocarbonyl (C=S) groups is 1. The fourth-order valence-electron chi connectivity index (χ4n) is 1.68. The summed E-state index contributed by atoms with van der Waals surface area (Å²) in [6, 6.07) is 10.4. The van der Waals surface area contributed by atoms with Crippen molar-refractivity contribution >= 4 is 22.9 Å². The zero-order chi connectivity index (χ0) is 10.7. The second-order valence-corrected chi connectivity index (χ2v) is 4.22. The Morgan fingerprint density at radius 3 is 2.73 bits per heavy atom. The van der Waals surface area contributed by atoms with Crippen molar-refractivity contribution in [3.05, 3.63) is 30.3 Å². The van der Waals surface area contributed by atoms with Crippen molar-refractivity contribution in [3.8, 4) is 0 Å². The summed E-state index contributed by atoms with van der Waals surface area (Å²) in [6.45, 7) is 3.02. The lowest BCUT2D eigenvalue weighted by Crippen LogP contribution is -2.32. The Kier molecular flexibility index (Phi) is 3.30. The molecular weight excluding hydrogens is 206 g/mol. The Hall–Kier alpha value is -0.970. The highest BCUT2D eigenvalue weighted by atomic mass is 32.1. The van der Waals surface area contributed by atoms with Crippen LogP contribution in [0.2, 0.25) is 0 Å². The van der Waals surface area contributed by atoms with E-state index in [1.54, 1.807) is 0 Å². The van der Waals surface area contributed by atoms with Gasteiger partial charge in [0.2, 0.25) is 0 Å². The predicted molar refractivity (Wildman–Crippen MR) is 66.8 cm³/mol. The Bertz CT molecular complexity index is 339. The van der Waals surface area contributed by atoms with Gasteiger partial charge in [-0.05, 0) is 19.1 Å². The van der Waals surface area contributed by atoms with E-state index >= 15 is 0 Å². The van der Waals surface area contributed by atoms with Gasteiger partial charge in [0.05, 0.1) is 4.99 Å². The van der Waals surface area contributed by atoms with Gasteiger partial charge in [0, 0.05) is 24.2 Å². The van der Waals surface area contributed by atoms with Crippen LogP contribution >= 0.6 is 12.2 Å². The van der Waals surface area contributed by atoms with E-state index in [0.29, 0.717) is 12.0 Å². The number of nitrogens with one attached hydrogen (secondary N) is 3. The third-order valence-corrected chi connectivity index (χ3v) is 3.04. The number of hydrogen-bond acceptors (Lipinski definition) is 3. The van der Waals surface area contributed by atoms with Gasteiger partial charge in [-0.1, -0.05) is 30.4 Å². The van der Waals surface area contributed by atoms with Crippen LogP contribution in [-0.2, 0) is 0 Å². The number of hydrogen-bond donors (Lipinski definition) is 3. The van der Waals surface area contributed by atoms with E-state index in [4.69, 9.17) is 12.2 Å². The minimum Gasteiger partial charge on any atom is -0.350 e. The van der Waals surface area contributed by atoms with Crippen molar-refractivity contribution in [3.63, 3.8) is 0 Å². The van der Waals surface area contributed by atoms with E-state index in [-0.39, 0.29) is 0 Å². The summed E-state index contributed by atoms with van der Waals surface area (Å²) >= 11 is 5.38. The summed E-state index contributed by atoms with van der Waals surface area (Å²) in [5.74, 6) is 0.361. The molecule has 1 aliphatic heterocycles. The first-order chi connectivity index (χ1) is 7.27. The summed E-state index contributed by atoms with van der Waals surface area (Å²) in [5.41, 5.74) is 7.33. The molecule has 3 nitrogen and oxygen atoms in total. The smallest absolute Gasteiger partial charge is 0.0858 e. The summed E-state index contributed by atoms with van der Waals surface area (Å²) in [5, 5.41) is 3.27. The zero-order valence-corrected chi connectivity index (χ0v) is 9.47. The molecule has 1 aromatic carbocycles. The van der Waals surface area contributed by atoms with Crippen LogP contribution in [0.5, 0.6) is 0 Å². The Labute approximate surface area is 95.2 Å². The molecule has 1 fully saturated rings. The molecule has 1 aliphatic rings. The molecule has 0 aliphatic carbocycles. The maximum absolute atomic E-state index is 5.38. The molecule has 4 heteroatoms. The van der Waals surface area contributed by atoms with E-state index in [0.717, 1.165) is 17.2 Å². The van der Waals surface area contributed by atoms with Crippen molar-refractivity contribution in [2.75, 3.05) is 11.9 Å². The van der Waals surface area contributed by atoms with Crippen molar-refractivity contribution in [2.45, 2.75) is 13.0 Å². The Morgan fingerprint density at radius 1 is 1.40 bits per heavy atom. The molecular formula is C11H15N3S. The highest BCUT2D eigenvalue weighted by molar-refractivity contribution is 7.80. The molecule has 3 N–H and O–H groups in total. The maximum atomic E-state index is 5.38. The normalized spacial score (nSPS) is 25.1. The van der Waals surface area contributed by atoms with Gasteiger partial charge < -0.3 is 5.32 Å². The van der Waals surface area contributed by atoms with Gasteiger partial charge >= 0.3 is 0 Å². The highest BCUT2D eigenvalue weighted by Crippen LogP contribution is 2.13. The first-order valence-electron chi connectivity index (χ1n) is 5.11. The predicted octanol–water partition coefficient (Wildman–Crippen LogP) is 1.54. The van der Waals surface area contributed by atoms with Gasteiger partial charge in [0.15, 0.2) is 0 Å². The van der Waals surface area contributed by atoms with Crippen LogP contribution in [0.25, 0.3) is 0 Å². The number of benzene rings is 1. The molecule has 80 valence electrons. The lowest BCUT2D eigenvalue weighted by Gasteiger charge is -2.16. The number of rotatable bonds is 2. The quantitative estimate of drug-likeness (QED) is 0.662. The van der Waals surface area contributed by atoms with Gasteiger partial charge in [-0.15, -0.1) is 0 Å². The molecule has 0 aromatic heterocycles. The Balaban J connectivity index is 1.98. The monoisotopic (exact) mass is 221 g/mol. The van der Waals surface area contributed by atoms with E-state index in [1.165, 1.54) is 0 Å². The molecule has 1 aromatic rings. The molecule has 15 heavy (non-hydrogen) atoms. The molecule has 1 heterocycles. The summed E-state index contributed by atoms with van der Waals surface area (Å²) in [6.07, 6.45) is 0. The van der Waals surface area contributed by atoms with Crippen LogP contribution in [-0.4, -0.2) is 17.6 Å². The average molecular weight is 221 g/mol. The third kappa shape index (κ3) is 2.53. The van der Waals surface area contributed by atoms with Crippen LogP contribution in [0.4, 0.5) is 5.69 Å². The highest BCUT2D eigenvalue weighted by Gasteiger charge is 2.26. The first kappa shape index (κ1) is 10.5. The van der Waals surface area contributed by atoms with Crippen molar-refractivity contribution in [2.24, 2.45) is 5.92 Å². The molecule has 2 unspecified atom stereocenters. The SMILES string of the molecule is CC1NNCC1C(=S)Nc1ccccc1. The van der Waals surface area contributed by atoms with Gasteiger partial charge in [-0.25, -0.2) is 0 Å².